The Kier molecular flexibility index (Phi) is 5.34. The zero-order chi connectivity index (χ0) is 14.6. The topological polar surface area (TPSA) is 80.8 Å². The van der Waals surface area contributed by atoms with Crippen molar-refractivity contribution in [2.45, 2.75) is 31.9 Å². The molecule has 2 atom stereocenters. The van der Waals surface area contributed by atoms with E-state index in [1.54, 1.807) is 6.92 Å². The van der Waals surface area contributed by atoms with Crippen LogP contribution < -0.4 is 0 Å². The van der Waals surface area contributed by atoms with E-state index in [0.29, 0.717) is 26.0 Å². The molecule has 0 radical (unpaired) electrons. The van der Waals surface area contributed by atoms with Crippen molar-refractivity contribution in [3.8, 4) is 0 Å². The number of carbonyl (C=O) groups is 2. The van der Waals surface area contributed by atoms with Crippen LogP contribution in [0.5, 0.6) is 0 Å². The number of amides is 1. The monoisotopic (exact) mass is 291 g/mol. The minimum atomic E-state index is -3.41. The summed E-state index contributed by atoms with van der Waals surface area (Å²) < 4.78 is 27.7. The molecule has 110 valence electrons. The second-order valence-corrected chi connectivity index (χ2v) is 7.21. The van der Waals surface area contributed by atoms with E-state index in [2.05, 4.69) is 0 Å². The third kappa shape index (κ3) is 4.19. The van der Waals surface area contributed by atoms with Crippen LogP contribution in [0.25, 0.3) is 0 Å². The minimum absolute atomic E-state index is 0.248. The second kappa shape index (κ2) is 6.36. The maximum Gasteiger partial charge on any atom is 0.310 e. The molecule has 0 N–H and O–H groups in total. The molecule has 0 bridgehead atoms. The Hall–Kier alpha value is -1.11. The highest BCUT2D eigenvalue weighted by Crippen LogP contribution is 2.19. The first-order valence-corrected chi connectivity index (χ1v) is 8.37. The molecule has 1 fully saturated rings. The van der Waals surface area contributed by atoms with Crippen LogP contribution in [0.4, 0.5) is 0 Å². The fraction of sp³-hybridized carbons (Fsp3) is 0.833. The van der Waals surface area contributed by atoms with Crippen LogP contribution in [-0.2, 0) is 24.2 Å². The number of likely N-dealkylation sites (tertiary alicyclic amines) is 1. The van der Waals surface area contributed by atoms with E-state index < -0.39 is 21.0 Å². The average molecular weight is 291 g/mol. The van der Waals surface area contributed by atoms with Gasteiger partial charge in [0, 0.05) is 19.3 Å². The number of nitrogens with zero attached hydrogens (tertiary/aromatic N) is 1. The van der Waals surface area contributed by atoms with E-state index in [4.69, 9.17) is 4.74 Å². The van der Waals surface area contributed by atoms with Crippen molar-refractivity contribution in [3.63, 3.8) is 0 Å². The van der Waals surface area contributed by atoms with Gasteiger partial charge in [-0.05, 0) is 26.7 Å². The Morgan fingerprint density at radius 1 is 1.42 bits per heavy atom. The molecule has 6 nitrogen and oxygen atoms in total. The molecule has 1 saturated heterocycles. The van der Waals surface area contributed by atoms with Crippen LogP contribution in [0.1, 0.15) is 26.7 Å². The van der Waals surface area contributed by atoms with Crippen LogP contribution in [0.15, 0.2) is 0 Å². The molecule has 1 rings (SSSR count). The molecule has 19 heavy (non-hydrogen) atoms. The van der Waals surface area contributed by atoms with Crippen molar-refractivity contribution in [1.29, 1.82) is 0 Å². The lowest BCUT2D eigenvalue weighted by Crippen LogP contribution is -2.47. The smallest absolute Gasteiger partial charge is 0.310 e. The summed E-state index contributed by atoms with van der Waals surface area (Å²) >= 11 is 0. The highest BCUT2D eigenvalue weighted by Gasteiger charge is 2.34. The quantitative estimate of drug-likeness (QED) is 0.692. The number of hydrogen-bond donors (Lipinski definition) is 0. The van der Waals surface area contributed by atoms with Gasteiger partial charge < -0.3 is 9.64 Å². The summed E-state index contributed by atoms with van der Waals surface area (Å²) in [5.41, 5.74) is 0. The summed E-state index contributed by atoms with van der Waals surface area (Å²) in [6.45, 7) is 4.16. The first-order chi connectivity index (χ1) is 8.77. The van der Waals surface area contributed by atoms with Gasteiger partial charge in [-0.25, -0.2) is 8.42 Å². The molecule has 0 spiro atoms. The van der Waals surface area contributed by atoms with E-state index >= 15 is 0 Å². The van der Waals surface area contributed by atoms with E-state index in [-0.39, 0.29) is 18.4 Å². The normalized spacial score (nSPS) is 21.8. The first-order valence-electron chi connectivity index (χ1n) is 6.41. The average Bonchev–Trinajstić information content (AvgIpc) is 2.36. The van der Waals surface area contributed by atoms with E-state index in [1.165, 1.54) is 11.8 Å². The Balaban J connectivity index is 2.70. The van der Waals surface area contributed by atoms with Gasteiger partial charge in [-0.15, -0.1) is 0 Å². The van der Waals surface area contributed by atoms with Crippen LogP contribution in [0.2, 0.25) is 0 Å². The van der Waals surface area contributed by atoms with Crippen molar-refractivity contribution >= 4 is 21.7 Å². The van der Waals surface area contributed by atoms with Crippen molar-refractivity contribution < 1.29 is 22.7 Å². The van der Waals surface area contributed by atoms with Gasteiger partial charge in [0.15, 0.2) is 9.84 Å². The van der Waals surface area contributed by atoms with Crippen LogP contribution in [0.3, 0.4) is 0 Å². The minimum Gasteiger partial charge on any atom is -0.466 e. The lowest BCUT2D eigenvalue weighted by molar-refractivity contribution is -0.151. The van der Waals surface area contributed by atoms with Gasteiger partial charge in [-0.3, -0.25) is 9.59 Å². The summed E-state index contributed by atoms with van der Waals surface area (Å²) in [6.07, 6.45) is 2.41. The zero-order valence-electron chi connectivity index (χ0n) is 11.6. The Morgan fingerprint density at radius 3 is 2.58 bits per heavy atom. The van der Waals surface area contributed by atoms with Crippen LogP contribution in [-0.4, -0.2) is 56.4 Å². The molecule has 0 aromatic heterocycles. The third-order valence-corrected chi connectivity index (χ3v) is 4.83. The second-order valence-electron chi connectivity index (χ2n) is 4.85. The Labute approximate surface area is 114 Å². The Bertz CT molecular complexity index is 445. The van der Waals surface area contributed by atoms with E-state index in [1.807, 2.05) is 0 Å². The maximum absolute atomic E-state index is 12.1. The summed E-state index contributed by atoms with van der Waals surface area (Å²) in [5.74, 6) is -1.09. The Morgan fingerprint density at radius 2 is 2.05 bits per heavy atom. The van der Waals surface area contributed by atoms with Gasteiger partial charge in [-0.2, -0.15) is 0 Å². The van der Waals surface area contributed by atoms with Gasteiger partial charge in [0.05, 0.1) is 12.5 Å². The number of carbonyl (C=O) groups excluding carboxylic acids is 2. The van der Waals surface area contributed by atoms with Crippen molar-refractivity contribution in [2.24, 2.45) is 5.92 Å². The molecular formula is C12H21NO5S. The highest BCUT2D eigenvalue weighted by atomic mass is 32.2. The lowest BCUT2D eigenvalue weighted by Gasteiger charge is -2.32. The molecule has 0 saturated carbocycles. The number of sulfone groups is 1. The fourth-order valence-electron chi connectivity index (χ4n) is 2.07. The first kappa shape index (κ1) is 15.9. The molecule has 1 aliphatic rings. The molecule has 7 heteroatoms. The molecular weight excluding hydrogens is 270 g/mol. The van der Waals surface area contributed by atoms with Crippen molar-refractivity contribution in [3.05, 3.63) is 0 Å². The molecule has 0 aliphatic carbocycles. The molecule has 0 aromatic rings. The van der Waals surface area contributed by atoms with Gasteiger partial charge in [0.25, 0.3) is 0 Å². The van der Waals surface area contributed by atoms with Crippen molar-refractivity contribution in [1.82, 2.24) is 4.90 Å². The number of rotatable bonds is 4. The molecule has 1 aliphatic heterocycles. The fourth-order valence-corrected chi connectivity index (χ4v) is 2.59. The van der Waals surface area contributed by atoms with Gasteiger partial charge in [-0.1, -0.05) is 0 Å². The lowest BCUT2D eigenvalue weighted by atomic mass is 9.98. The molecule has 2 unspecified atom stereocenters. The standard InChI is InChI=1S/C12H21NO5S/c1-4-18-12(15)10-6-5-7-13(8-10)11(14)9(2)19(3,16)17/h9-10H,4-8H2,1-3H3. The third-order valence-electron chi connectivity index (χ3n) is 3.34. The van der Waals surface area contributed by atoms with Gasteiger partial charge in [0.1, 0.15) is 5.25 Å². The summed E-state index contributed by atoms with van der Waals surface area (Å²) in [6, 6.07) is 0. The van der Waals surface area contributed by atoms with E-state index in [0.717, 1.165) is 6.26 Å². The largest absolute Gasteiger partial charge is 0.466 e. The van der Waals surface area contributed by atoms with E-state index in [9.17, 15) is 18.0 Å². The van der Waals surface area contributed by atoms with Crippen LogP contribution in [0, 0.1) is 5.92 Å². The van der Waals surface area contributed by atoms with Crippen LogP contribution >= 0.6 is 0 Å². The number of hydrogen-bond acceptors (Lipinski definition) is 5. The van der Waals surface area contributed by atoms with Crippen molar-refractivity contribution in [2.75, 3.05) is 26.0 Å². The summed E-state index contributed by atoms with van der Waals surface area (Å²) in [5, 5.41) is -1.06. The number of esters is 1. The highest BCUT2D eigenvalue weighted by molar-refractivity contribution is 7.92. The van der Waals surface area contributed by atoms with Gasteiger partial charge in [0.2, 0.25) is 5.91 Å². The number of piperidine rings is 1. The van der Waals surface area contributed by atoms with Gasteiger partial charge >= 0.3 is 5.97 Å². The molecule has 1 amide bonds. The summed E-state index contributed by atoms with van der Waals surface area (Å²) in [4.78, 5) is 25.2. The predicted octanol–water partition coefficient (Wildman–Crippen LogP) is 0.221. The number of ether oxygens (including phenoxy) is 1. The maximum atomic E-state index is 12.1. The summed E-state index contributed by atoms with van der Waals surface area (Å²) in [7, 11) is -3.41. The zero-order valence-corrected chi connectivity index (χ0v) is 12.4. The molecule has 0 aromatic carbocycles. The predicted molar refractivity (Wildman–Crippen MR) is 70.2 cm³/mol. The SMILES string of the molecule is CCOC(=O)C1CCCN(C(=O)C(C)S(C)(=O)=O)C1. The molecule has 1 heterocycles.